The largest absolute Gasteiger partial charge is 0.439 e. The van der Waals surface area contributed by atoms with Crippen molar-refractivity contribution in [3.05, 3.63) is 46.5 Å². The van der Waals surface area contributed by atoms with Crippen LogP contribution in [0.2, 0.25) is 0 Å². The Morgan fingerprint density at radius 3 is 2.27 bits per heavy atom. The minimum atomic E-state index is -1.71. The normalized spacial score (nSPS) is 26.7. The van der Waals surface area contributed by atoms with E-state index in [-0.39, 0.29) is 17.5 Å². The van der Waals surface area contributed by atoms with Gasteiger partial charge in [0.05, 0.1) is 16.4 Å². The number of nitrogens with zero attached hydrogens (tertiary/aromatic N) is 1. The van der Waals surface area contributed by atoms with E-state index in [4.69, 9.17) is 14.6 Å². The summed E-state index contributed by atoms with van der Waals surface area (Å²) in [4.78, 5) is 39.8. The maximum Gasteiger partial charge on any atom is 0.417 e. The van der Waals surface area contributed by atoms with Gasteiger partial charge in [0.25, 0.3) is 0 Å². The first-order valence-electron chi connectivity index (χ1n) is 13.2. The molecule has 1 aromatic rings. The first kappa shape index (κ1) is 29.5. The van der Waals surface area contributed by atoms with Crippen LogP contribution in [0.1, 0.15) is 83.3 Å². The second-order valence-electron chi connectivity index (χ2n) is 9.97. The summed E-state index contributed by atoms with van der Waals surface area (Å²) in [6, 6.07) is 8.63. The molecule has 2 heterocycles. The highest BCUT2D eigenvalue weighted by atomic mass is 79.9. The summed E-state index contributed by atoms with van der Waals surface area (Å²) >= 11 is 3.28. The predicted octanol–water partition coefficient (Wildman–Crippen LogP) is 5.17. The number of hydrogen-bond donors (Lipinski definition) is 2. The maximum atomic E-state index is 13.4. The van der Waals surface area contributed by atoms with Crippen molar-refractivity contribution in [2.24, 2.45) is 5.92 Å². The van der Waals surface area contributed by atoms with Crippen LogP contribution in [0.5, 0.6) is 0 Å². The number of cyclic esters (lactones) is 1. The highest BCUT2D eigenvalue weighted by Crippen LogP contribution is 2.38. The monoisotopic (exact) mass is 579 g/mol. The van der Waals surface area contributed by atoms with Gasteiger partial charge in [-0.25, -0.2) is 9.69 Å². The Bertz CT molecular complexity index is 969. The van der Waals surface area contributed by atoms with Crippen LogP contribution in [0.4, 0.5) is 4.79 Å². The molecule has 2 aliphatic rings. The third-order valence-electron chi connectivity index (χ3n) is 7.15. The van der Waals surface area contributed by atoms with E-state index in [1.54, 1.807) is 6.92 Å². The van der Waals surface area contributed by atoms with Gasteiger partial charge < -0.3 is 19.7 Å². The lowest BCUT2D eigenvalue weighted by Gasteiger charge is -2.37. The van der Waals surface area contributed by atoms with E-state index < -0.39 is 47.7 Å². The Balaban J connectivity index is 1.57. The Labute approximate surface area is 227 Å². The molecule has 5 atom stereocenters. The lowest BCUT2D eigenvalue weighted by atomic mass is 9.93. The molecule has 3 rings (SSSR count). The number of ether oxygens (including phenoxy) is 2. The van der Waals surface area contributed by atoms with Crippen molar-refractivity contribution < 1.29 is 34.1 Å². The minimum absolute atomic E-state index is 0.239. The lowest BCUT2D eigenvalue weighted by molar-refractivity contribution is -0.217. The number of amides is 2. The fraction of sp³-hybridized carbons (Fsp3) is 0.607. The van der Waals surface area contributed by atoms with Crippen LogP contribution in [0.3, 0.4) is 0 Å². The number of unbranched alkanes of at least 4 members (excludes halogenated alkanes) is 7. The fourth-order valence-electron chi connectivity index (χ4n) is 4.90. The number of aliphatic hydroxyl groups is 2. The van der Waals surface area contributed by atoms with Crippen LogP contribution in [0, 0.1) is 5.92 Å². The Kier molecular flexibility index (Phi) is 10.9. The Morgan fingerprint density at radius 2 is 1.65 bits per heavy atom. The maximum absolute atomic E-state index is 13.4. The molecule has 8 nitrogen and oxygen atoms in total. The van der Waals surface area contributed by atoms with Gasteiger partial charge in [0.15, 0.2) is 11.6 Å². The molecule has 0 aliphatic carbocycles. The first-order valence-corrected chi connectivity index (χ1v) is 14.0. The summed E-state index contributed by atoms with van der Waals surface area (Å²) < 4.78 is 11.6. The number of ketones is 1. The zero-order chi connectivity index (χ0) is 27.0. The van der Waals surface area contributed by atoms with E-state index >= 15 is 0 Å². The smallest absolute Gasteiger partial charge is 0.417 e. The molecular formula is C28H38BrNO7. The molecule has 5 unspecified atom stereocenters. The molecule has 0 spiro atoms. The molecule has 1 aromatic carbocycles. The van der Waals surface area contributed by atoms with Crippen molar-refractivity contribution in [2.75, 3.05) is 6.61 Å². The van der Waals surface area contributed by atoms with Gasteiger partial charge in [-0.3, -0.25) is 9.59 Å². The number of rotatable bonds is 13. The Hall–Kier alpha value is -2.07. The zero-order valence-corrected chi connectivity index (χ0v) is 23.2. The van der Waals surface area contributed by atoms with Gasteiger partial charge in [0, 0.05) is 13.0 Å². The summed E-state index contributed by atoms with van der Waals surface area (Å²) in [5.74, 6) is -3.73. The topological polar surface area (TPSA) is 113 Å². The third kappa shape index (κ3) is 7.28. The van der Waals surface area contributed by atoms with Crippen LogP contribution in [-0.4, -0.2) is 57.4 Å². The Morgan fingerprint density at radius 1 is 1.05 bits per heavy atom. The zero-order valence-electron chi connectivity index (χ0n) is 21.6. The molecule has 1 fully saturated rings. The molecule has 2 aliphatic heterocycles. The molecule has 0 radical (unpaired) electrons. The van der Waals surface area contributed by atoms with Gasteiger partial charge in [-0.1, -0.05) is 75.8 Å². The number of halogens is 1. The third-order valence-corrected chi connectivity index (χ3v) is 8.00. The molecule has 0 aromatic heterocycles. The number of carbonyl (C=O) groups is 3. The number of imide groups is 1. The summed E-state index contributed by atoms with van der Waals surface area (Å²) in [6.07, 6.45) is 6.76. The van der Waals surface area contributed by atoms with E-state index in [0.717, 1.165) is 55.4 Å². The molecular weight excluding hydrogens is 542 g/mol. The van der Waals surface area contributed by atoms with Crippen LogP contribution < -0.4 is 0 Å². The van der Waals surface area contributed by atoms with Gasteiger partial charge in [0.1, 0.15) is 12.2 Å². The second-order valence-corrected chi connectivity index (χ2v) is 10.8. The molecule has 0 saturated carbocycles. The van der Waals surface area contributed by atoms with Crippen molar-refractivity contribution in [2.45, 2.75) is 95.7 Å². The fourth-order valence-corrected chi connectivity index (χ4v) is 5.42. The summed E-state index contributed by atoms with van der Waals surface area (Å²) in [5.41, 5.74) is 0.780. The highest BCUT2D eigenvalue weighted by molar-refractivity contribution is 9.11. The number of carbonyl (C=O) groups excluding carboxylic acids is 3. The molecule has 0 bridgehead atoms. The molecule has 37 heavy (non-hydrogen) atoms. The molecule has 2 amide bonds. The van der Waals surface area contributed by atoms with E-state index in [1.807, 2.05) is 30.3 Å². The average Bonchev–Trinajstić information content (AvgIpc) is 3.18. The van der Waals surface area contributed by atoms with Gasteiger partial charge in [0.2, 0.25) is 5.91 Å². The summed E-state index contributed by atoms with van der Waals surface area (Å²) in [6.45, 7) is 3.51. The standard InChI is InChI=1S/C28H38BrNO7/c1-19(26(33)30-20(2)25(36-27(30)34)21-14-10-9-11-15-21)24-22(32)18-23(29)28(35,37-24)16-12-7-5-3-4-6-8-13-17-31/h9-11,14-15,18-20,24-25,31,35H,3-8,12-13,16-17H2,1-2H3. The molecule has 204 valence electrons. The quantitative estimate of drug-likeness (QED) is 0.310. The first-order chi connectivity index (χ1) is 17.7. The van der Waals surface area contributed by atoms with Crippen LogP contribution in [-0.2, 0) is 19.1 Å². The molecule has 9 heteroatoms. The SMILES string of the molecule is CC(C(=O)N1C(=O)OC(c2ccccc2)C1C)C1OC(O)(CCCCCCCCCCO)C(Br)=CC1=O. The molecule has 1 saturated heterocycles. The lowest BCUT2D eigenvalue weighted by Crippen LogP contribution is -2.51. The number of hydrogen-bond acceptors (Lipinski definition) is 7. The van der Waals surface area contributed by atoms with Crippen LogP contribution in [0.25, 0.3) is 0 Å². The van der Waals surface area contributed by atoms with Gasteiger partial charge in [-0.2, -0.15) is 0 Å². The van der Waals surface area contributed by atoms with Crippen molar-refractivity contribution in [3.8, 4) is 0 Å². The van der Waals surface area contributed by atoms with Crippen LogP contribution in [0.15, 0.2) is 40.9 Å². The number of benzene rings is 1. The van der Waals surface area contributed by atoms with Crippen molar-refractivity contribution in [1.82, 2.24) is 4.90 Å². The second kappa shape index (κ2) is 13.6. The summed E-state index contributed by atoms with van der Waals surface area (Å²) in [7, 11) is 0. The molecule has 2 N–H and O–H groups in total. The van der Waals surface area contributed by atoms with Crippen molar-refractivity contribution in [1.29, 1.82) is 0 Å². The number of aliphatic hydroxyl groups excluding tert-OH is 1. The van der Waals surface area contributed by atoms with Gasteiger partial charge in [-0.05, 0) is 47.3 Å². The minimum Gasteiger partial charge on any atom is -0.439 e. The highest BCUT2D eigenvalue weighted by Gasteiger charge is 2.49. The van der Waals surface area contributed by atoms with E-state index in [0.29, 0.717) is 6.42 Å². The van der Waals surface area contributed by atoms with E-state index in [9.17, 15) is 19.5 Å². The van der Waals surface area contributed by atoms with E-state index in [1.165, 1.54) is 13.0 Å². The van der Waals surface area contributed by atoms with Gasteiger partial charge >= 0.3 is 6.09 Å². The van der Waals surface area contributed by atoms with E-state index in [2.05, 4.69) is 15.9 Å². The predicted molar refractivity (Wildman–Crippen MR) is 142 cm³/mol. The van der Waals surface area contributed by atoms with Gasteiger partial charge in [-0.15, -0.1) is 0 Å². The van der Waals surface area contributed by atoms with Crippen molar-refractivity contribution >= 4 is 33.7 Å². The summed E-state index contributed by atoms with van der Waals surface area (Å²) in [5, 5.41) is 20.0. The van der Waals surface area contributed by atoms with Crippen LogP contribution >= 0.6 is 15.9 Å². The van der Waals surface area contributed by atoms with Crippen molar-refractivity contribution in [3.63, 3.8) is 0 Å². The average molecular weight is 581 g/mol.